The third kappa shape index (κ3) is 12.1. The Morgan fingerprint density at radius 1 is 0.922 bits per heavy atom. The second kappa shape index (κ2) is 23.1. The van der Waals surface area contributed by atoms with E-state index < -0.39 is 59.8 Å². The molecule has 0 radical (unpaired) electrons. The summed E-state index contributed by atoms with van der Waals surface area (Å²) in [7, 11) is 6.26. The molecule has 14 heteroatoms. The molecule has 64 heavy (non-hydrogen) atoms. The van der Waals surface area contributed by atoms with Crippen molar-refractivity contribution in [1.82, 2.24) is 4.90 Å². The van der Waals surface area contributed by atoms with Crippen LogP contribution in [0.25, 0.3) is 0 Å². The summed E-state index contributed by atoms with van der Waals surface area (Å²) in [5.41, 5.74) is 8.51. The summed E-state index contributed by atoms with van der Waals surface area (Å²) in [6.07, 6.45) is 7.67. The Labute approximate surface area is 380 Å². The molecule has 1 amide bonds. The minimum atomic E-state index is -2.48. The molecular weight excluding hydrogens is 821 g/mol. The van der Waals surface area contributed by atoms with Crippen LogP contribution in [0.4, 0.5) is 0 Å². The number of hydrogen-bond donors (Lipinski definition) is 2. The van der Waals surface area contributed by atoms with Gasteiger partial charge in [-0.05, 0) is 120 Å². The molecule has 1 aromatic carbocycles. The highest BCUT2D eigenvalue weighted by Gasteiger charge is 2.56. The Kier molecular flexibility index (Phi) is 18.4. The number of piperidine rings is 1. The minimum Gasteiger partial charge on any atom is -0.493 e. The van der Waals surface area contributed by atoms with Crippen LogP contribution in [0, 0.1) is 29.6 Å². The third-order valence-corrected chi connectivity index (χ3v) is 14.2. The predicted molar refractivity (Wildman–Crippen MR) is 242 cm³/mol. The number of ketones is 2. The number of aliphatic hydroxyl groups is 1. The number of amides is 1. The largest absolute Gasteiger partial charge is 0.493 e. The van der Waals surface area contributed by atoms with Crippen molar-refractivity contribution in [3.05, 3.63) is 41.5 Å². The number of ether oxygens (including phenoxy) is 7. The molecule has 13 unspecified atom stereocenters. The third-order valence-electron chi connectivity index (χ3n) is 14.2. The van der Waals surface area contributed by atoms with Crippen molar-refractivity contribution >= 4 is 23.4 Å². The molecule has 1 saturated carbocycles. The smallest absolute Gasteiger partial charge is 0.329 e. The number of benzene rings is 1. The Bertz CT molecular complexity index is 1830. The maximum Gasteiger partial charge on any atom is 0.329 e. The lowest BCUT2D eigenvalue weighted by atomic mass is 9.81. The summed E-state index contributed by atoms with van der Waals surface area (Å²) >= 11 is 0. The number of esters is 1. The fraction of sp³-hybridized carbons (Fsp3) is 0.720. The van der Waals surface area contributed by atoms with E-state index in [4.69, 9.17) is 38.9 Å². The molecule has 3 aliphatic heterocycles. The number of carbonyl (C=O) groups excluding carboxylic acids is 4. The standard InChI is InChI=1S/C50H76N2O12/c1-11-35-23-29(2)22-30(3)24-43(60-9)46-44(61-10)26-33(6)50(57,64-46)47(54)48(55)52-21-13-12-14-38(52)49(56)63-45(31(4)15-19-39(35)53)32(5)25-34-16-18-37(51)41(27-34)62-36-17-20-40(58-7)42(28-36)59-8/h17,20,23,25,28,30-31,33-35,37-38,41,43-46,57H,11-16,18-19,21-22,24,26-27,51H2,1-10H3. The van der Waals surface area contributed by atoms with E-state index in [1.165, 1.54) is 4.90 Å². The molecule has 2 bridgehead atoms. The van der Waals surface area contributed by atoms with E-state index in [0.29, 0.717) is 75.0 Å². The van der Waals surface area contributed by atoms with Gasteiger partial charge in [0.05, 0.1) is 26.4 Å². The average molecular weight is 897 g/mol. The zero-order chi connectivity index (χ0) is 46.9. The molecule has 14 nitrogen and oxygen atoms in total. The molecule has 3 N–H and O–H groups in total. The van der Waals surface area contributed by atoms with Gasteiger partial charge in [-0.3, -0.25) is 14.4 Å². The van der Waals surface area contributed by atoms with Crippen LogP contribution in [-0.4, -0.2) is 117 Å². The summed E-state index contributed by atoms with van der Waals surface area (Å²) < 4.78 is 41.9. The molecule has 0 spiro atoms. The zero-order valence-electron chi connectivity index (χ0n) is 40.0. The SMILES string of the molecule is CCC1C=C(C)CC(C)CC(OC)C2OC(O)(C(=O)C(=O)N3CCCCC3C(=O)OC(C(C)=CC3CCC(N)C(Oc4ccc(OC)c(OC)c4)C3)C(C)CCC1=O)C(C)CC2OC. The Morgan fingerprint density at radius 2 is 1.62 bits per heavy atom. The number of allylic oxidation sites excluding steroid dienone is 3. The zero-order valence-corrected chi connectivity index (χ0v) is 40.0. The lowest BCUT2D eigenvalue weighted by Crippen LogP contribution is -2.64. The van der Waals surface area contributed by atoms with Gasteiger partial charge >= 0.3 is 5.97 Å². The van der Waals surface area contributed by atoms with Gasteiger partial charge in [0.1, 0.15) is 35.9 Å². The van der Waals surface area contributed by atoms with E-state index in [1.54, 1.807) is 47.5 Å². The van der Waals surface area contributed by atoms with Gasteiger partial charge in [0.2, 0.25) is 5.79 Å². The Morgan fingerprint density at radius 3 is 2.30 bits per heavy atom. The van der Waals surface area contributed by atoms with Crippen molar-refractivity contribution in [3.63, 3.8) is 0 Å². The molecule has 0 aromatic heterocycles. The molecule has 358 valence electrons. The van der Waals surface area contributed by atoms with Crippen LogP contribution in [0.2, 0.25) is 0 Å². The lowest BCUT2D eigenvalue weighted by molar-refractivity contribution is -0.302. The molecule has 1 aliphatic carbocycles. The van der Waals surface area contributed by atoms with Crippen molar-refractivity contribution in [3.8, 4) is 17.2 Å². The number of cyclic esters (lactones) is 1. The van der Waals surface area contributed by atoms with Gasteiger partial charge in [-0.1, -0.05) is 45.4 Å². The lowest BCUT2D eigenvalue weighted by Gasteiger charge is -2.47. The van der Waals surface area contributed by atoms with Crippen LogP contribution >= 0.6 is 0 Å². The normalized spacial score (nSPS) is 35.7. The van der Waals surface area contributed by atoms with E-state index in [0.717, 1.165) is 17.6 Å². The number of Topliss-reactive ketones (excluding diaryl/α,β-unsaturated/α-hetero) is 2. The van der Waals surface area contributed by atoms with Crippen molar-refractivity contribution in [2.75, 3.05) is 35.0 Å². The van der Waals surface area contributed by atoms with E-state index in [2.05, 4.69) is 19.1 Å². The predicted octanol–water partition coefficient (Wildman–Crippen LogP) is 6.92. The van der Waals surface area contributed by atoms with Gasteiger partial charge in [-0.2, -0.15) is 0 Å². The maximum atomic E-state index is 14.5. The number of fused-ring (bicyclic) bond motifs is 3. The maximum absolute atomic E-state index is 14.5. The number of methoxy groups -OCH3 is 4. The second-order valence-corrected chi connectivity index (χ2v) is 19.0. The number of nitrogens with two attached hydrogens (primary N) is 1. The molecule has 3 heterocycles. The molecular formula is C50H76N2O12. The molecule has 3 fully saturated rings. The molecule has 4 aliphatic rings. The summed E-state index contributed by atoms with van der Waals surface area (Å²) in [5.74, 6) is -4.58. The fourth-order valence-electron chi connectivity index (χ4n) is 10.4. The van der Waals surface area contributed by atoms with E-state index in [1.807, 2.05) is 33.8 Å². The highest BCUT2D eigenvalue weighted by Crippen LogP contribution is 2.40. The van der Waals surface area contributed by atoms with Gasteiger partial charge < -0.3 is 48.9 Å². The van der Waals surface area contributed by atoms with Crippen LogP contribution in [0.3, 0.4) is 0 Å². The van der Waals surface area contributed by atoms with Gasteiger partial charge in [0.15, 0.2) is 11.5 Å². The van der Waals surface area contributed by atoms with Crippen molar-refractivity contribution in [1.29, 1.82) is 0 Å². The first-order valence-corrected chi connectivity index (χ1v) is 23.5. The fourth-order valence-corrected chi connectivity index (χ4v) is 10.4. The minimum absolute atomic E-state index is 0.0467. The van der Waals surface area contributed by atoms with Crippen molar-refractivity contribution in [2.24, 2.45) is 35.3 Å². The molecule has 2 saturated heterocycles. The van der Waals surface area contributed by atoms with E-state index >= 15 is 0 Å². The number of hydrogen-bond acceptors (Lipinski definition) is 13. The van der Waals surface area contributed by atoms with Crippen molar-refractivity contribution < 1.29 is 57.4 Å². The average Bonchev–Trinajstić information content (AvgIpc) is 3.28. The first kappa shape index (κ1) is 51.2. The summed E-state index contributed by atoms with van der Waals surface area (Å²) in [4.78, 5) is 58.4. The first-order valence-electron chi connectivity index (χ1n) is 23.5. The van der Waals surface area contributed by atoms with Crippen molar-refractivity contribution in [2.45, 2.75) is 167 Å². The van der Waals surface area contributed by atoms with Gasteiger partial charge in [0.25, 0.3) is 11.7 Å². The van der Waals surface area contributed by atoms with Crippen LogP contribution in [0.15, 0.2) is 41.5 Å². The number of rotatable bonds is 9. The monoisotopic (exact) mass is 897 g/mol. The highest BCUT2D eigenvalue weighted by atomic mass is 16.7. The molecule has 13 atom stereocenters. The summed E-state index contributed by atoms with van der Waals surface area (Å²) in [6, 6.07) is 4.14. The van der Waals surface area contributed by atoms with Crippen LogP contribution in [0.5, 0.6) is 17.2 Å². The topological polar surface area (TPSA) is 182 Å². The second-order valence-electron chi connectivity index (χ2n) is 19.0. The molecule has 5 rings (SSSR count). The Balaban J connectivity index is 1.47. The summed E-state index contributed by atoms with van der Waals surface area (Å²) in [5, 5.41) is 12.1. The molecule has 1 aromatic rings. The van der Waals surface area contributed by atoms with Crippen LogP contribution < -0.4 is 19.9 Å². The summed E-state index contributed by atoms with van der Waals surface area (Å²) in [6.45, 7) is 11.9. The number of nitrogens with zero attached hydrogens (tertiary/aromatic N) is 1. The quantitative estimate of drug-likeness (QED) is 0.148. The Hall–Kier alpha value is -3.82. The first-order chi connectivity index (χ1) is 30.5. The van der Waals surface area contributed by atoms with E-state index in [-0.39, 0.29) is 61.0 Å². The number of carbonyl (C=O) groups is 4. The highest BCUT2D eigenvalue weighted by molar-refractivity contribution is 6.39. The van der Waals surface area contributed by atoms with Crippen LogP contribution in [-0.2, 0) is 38.1 Å². The van der Waals surface area contributed by atoms with Gasteiger partial charge in [-0.15, -0.1) is 0 Å². The van der Waals surface area contributed by atoms with Gasteiger partial charge in [0, 0.05) is 51.1 Å². The van der Waals surface area contributed by atoms with E-state index in [9.17, 15) is 24.3 Å². The van der Waals surface area contributed by atoms with Crippen LogP contribution in [0.1, 0.15) is 119 Å². The van der Waals surface area contributed by atoms with Gasteiger partial charge in [-0.25, -0.2) is 4.79 Å².